The summed E-state index contributed by atoms with van der Waals surface area (Å²) in [4.78, 5) is 17.4. The van der Waals surface area contributed by atoms with E-state index < -0.39 is 17.8 Å². The molecule has 2 heterocycles. The number of carbonyl (C=O) groups is 1. The number of rotatable bonds is 6. The molecule has 8 nitrogen and oxygen atoms in total. The Labute approximate surface area is 212 Å². The Hall–Kier alpha value is -3.14. The Morgan fingerprint density at radius 1 is 1.11 bits per heavy atom. The summed E-state index contributed by atoms with van der Waals surface area (Å²) in [6.07, 6.45) is -0.768. The van der Waals surface area contributed by atoms with Crippen LogP contribution in [0.25, 0.3) is 0 Å². The van der Waals surface area contributed by atoms with Gasteiger partial charge in [-0.2, -0.15) is 0 Å². The number of piperazine rings is 1. The van der Waals surface area contributed by atoms with Crippen LogP contribution in [-0.2, 0) is 0 Å². The van der Waals surface area contributed by atoms with Crippen LogP contribution in [0.5, 0.6) is 5.75 Å². The Morgan fingerprint density at radius 2 is 1.80 bits per heavy atom. The first-order valence-corrected chi connectivity index (χ1v) is 11.8. The van der Waals surface area contributed by atoms with Crippen molar-refractivity contribution in [3.05, 3.63) is 69.6 Å². The number of hydrogen-bond acceptors (Lipinski definition) is 7. The van der Waals surface area contributed by atoms with Gasteiger partial charge in [-0.05, 0) is 50.4 Å². The highest BCUT2D eigenvalue weighted by Gasteiger charge is 2.21. The first-order chi connectivity index (χ1) is 16.7. The molecule has 1 aliphatic rings. The molecule has 11 heteroatoms. The molecular weight excluding hydrogens is 494 g/mol. The summed E-state index contributed by atoms with van der Waals surface area (Å²) in [5, 5.41) is 10.6. The number of carbonyl (C=O) groups excluding carboxylic acids is 1. The summed E-state index contributed by atoms with van der Waals surface area (Å²) in [6, 6.07) is 11.5. The van der Waals surface area contributed by atoms with E-state index in [4.69, 9.17) is 33.7 Å². The van der Waals surface area contributed by atoms with Gasteiger partial charge in [0.2, 0.25) is 0 Å². The molecule has 1 fully saturated rings. The zero-order chi connectivity index (χ0) is 25.1. The normalized spacial score (nSPS) is 15.1. The SMILES string of the molecule is C[C@@H](Oc1cc(C(=O)Nc2ccc(N3CCN(C)CC3)cc2)nnc1N)c1c(Cl)ccc(F)c1Cl. The maximum Gasteiger partial charge on any atom is 0.276 e. The highest BCUT2D eigenvalue weighted by Crippen LogP contribution is 2.35. The molecule has 0 radical (unpaired) electrons. The van der Waals surface area contributed by atoms with Crippen LogP contribution in [0.3, 0.4) is 0 Å². The van der Waals surface area contributed by atoms with Gasteiger partial charge in [-0.15, -0.1) is 10.2 Å². The molecule has 35 heavy (non-hydrogen) atoms. The molecule has 3 N–H and O–H groups in total. The lowest BCUT2D eigenvalue weighted by atomic mass is 10.1. The summed E-state index contributed by atoms with van der Waals surface area (Å²) < 4.78 is 19.7. The molecule has 1 aliphatic heterocycles. The fourth-order valence-corrected chi connectivity index (χ4v) is 4.45. The first kappa shape index (κ1) is 25.0. The topological polar surface area (TPSA) is 96.6 Å². The van der Waals surface area contributed by atoms with E-state index in [1.807, 2.05) is 24.3 Å². The maximum atomic E-state index is 13.9. The van der Waals surface area contributed by atoms with Gasteiger partial charge in [0.25, 0.3) is 5.91 Å². The van der Waals surface area contributed by atoms with Crippen molar-refractivity contribution in [1.29, 1.82) is 0 Å². The predicted octanol–water partition coefficient (Wildman–Crippen LogP) is 4.65. The third-order valence-electron chi connectivity index (χ3n) is 5.80. The van der Waals surface area contributed by atoms with E-state index in [2.05, 4.69) is 32.4 Å². The summed E-state index contributed by atoms with van der Waals surface area (Å²) in [5.74, 6) is -1.04. The van der Waals surface area contributed by atoms with Crippen LogP contribution >= 0.6 is 23.2 Å². The third-order valence-corrected chi connectivity index (χ3v) is 6.52. The molecule has 1 aromatic heterocycles. The number of halogens is 3. The lowest BCUT2D eigenvalue weighted by Crippen LogP contribution is -2.44. The zero-order valence-electron chi connectivity index (χ0n) is 19.3. The molecule has 3 aromatic rings. The number of likely N-dealkylation sites (N-methyl/N-ethyl adjacent to an activating group) is 1. The van der Waals surface area contributed by atoms with Gasteiger partial charge < -0.3 is 25.6 Å². The number of nitrogen functional groups attached to an aromatic ring is 1. The highest BCUT2D eigenvalue weighted by atomic mass is 35.5. The van der Waals surface area contributed by atoms with E-state index in [1.54, 1.807) is 6.92 Å². The fourth-order valence-electron chi connectivity index (χ4n) is 3.77. The predicted molar refractivity (Wildman–Crippen MR) is 136 cm³/mol. The Bertz CT molecular complexity index is 1220. The van der Waals surface area contributed by atoms with E-state index in [-0.39, 0.29) is 32.9 Å². The molecular formula is C24H25Cl2FN6O2. The minimum absolute atomic E-state index is 0.000908. The molecule has 0 saturated carbocycles. The van der Waals surface area contributed by atoms with Gasteiger partial charge in [-0.25, -0.2) is 4.39 Å². The monoisotopic (exact) mass is 518 g/mol. The average molecular weight is 519 g/mol. The number of nitrogens with two attached hydrogens (primary N) is 1. The number of ether oxygens (including phenoxy) is 1. The minimum Gasteiger partial charge on any atom is -0.482 e. The molecule has 0 bridgehead atoms. The molecule has 184 valence electrons. The number of nitrogens with one attached hydrogen (secondary N) is 1. The van der Waals surface area contributed by atoms with Crippen molar-refractivity contribution in [2.45, 2.75) is 13.0 Å². The van der Waals surface area contributed by atoms with Crippen LogP contribution < -0.4 is 20.7 Å². The number of benzene rings is 2. The average Bonchev–Trinajstić information content (AvgIpc) is 2.84. The van der Waals surface area contributed by atoms with E-state index in [9.17, 15) is 9.18 Å². The molecule has 1 saturated heterocycles. The van der Waals surface area contributed by atoms with Crippen LogP contribution in [0.2, 0.25) is 10.0 Å². The number of nitrogens with zero attached hydrogens (tertiary/aromatic N) is 4. The molecule has 0 aliphatic carbocycles. The van der Waals surface area contributed by atoms with Crippen LogP contribution in [-0.4, -0.2) is 54.2 Å². The molecule has 4 rings (SSSR count). The van der Waals surface area contributed by atoms with Crippen molar-refractivity contribution >= 4 is 46.3 Å². The summed E-state index contributed by atoms with van der Waals surface area (Å²) in [7, 11) is 2.11. The van der Waals surface area contributed by atoms with Crippen LogP contribution in [0, 0.1) is 5.82 Å². The van der Waals surface area contributed by atoms with Crippen molar-refractivity contribution in [3.8, 4) is 5.75 Å². The smallest absolute Gasteiger partial charge is 0.276 e. The van der Waals surface area contributed by atoms with E-state index in [0.717, 1.165) is 31.9 Å². The Morgan fingerprint density at radius 3 is 2.49 bits per heavy atom. The van der Waals surface area contributed by atoms with Crippen LogP contribution in [0.1, 0.15) is 29.1 Å². The van der Waals surface area contributed by atoms with Crippen molar-refractivity contribution in [2.75, 3.05) is 49.2 Å². The minimum atomic E-state index is -0.768. The number of hydrogen-bond donors (Lipinski definition) is 2. The first-order valence-electron chi connectivity index (χ1n) is 11.0. The number of amides is 1. The van der Waals surface area contributed by atoms with Gasteiger partial charge >= 0.3 is 0 Å². The second-order valence-corrected chi connectivity index (χ2v) is 9.07. The lowest BCUT2D eigenvalue weighted by Gasteiger charge is -2.34. The molecule has 1 atom stereocenters. The zero-order valence-corrected chi connectivity index (χ0v) is 20.8. The van der Waals surface area contributed by atoms with E-state index >= 15 is 0 Å². The van der Waals surface area contributed by atoms with Crippen LogP contribution in [0.15, 0.2) is 42.5 Å². The van der Waals surface area contributed by atoms with Crippen molar-refractivity contribution in [1.82, 2.24) is 15.1 Å². The van der Waals surface area contributed by atoms with E-state index in [0.29, 0.717) is 5.69 Å². The second kappa shape index (κ2) is 10.6. The fraction of sp³-hybridized carbons (Fsp3) is 0.292. The van der Waals surface area contributed by atoms with Gasteiger partial charge in [0.15, 0.2) is 17.3 Å². The van der Waals surface area contributed by atoms with Gasteiger partial charge in [-0.3, -0.25) is 4.79 Å². The molecule has 1 amide bonds. The van der Waals surface area contributed by atoms with Crippen molar-refractivity contribution in [2.24, 2.45) is 0 Å². The molecule has 0 unspecified atom stereocenters. The van der Waals surface area contributed by atoms with Gasteiger partial charge in [0.05, 0.1) is 5.02 Å². The molecule has 2 aromatic carbocycles. The maximum absolute atomic E-state index is 13.9. The Kier molecular flexibility index (Phi) is 7.59. The number of aromatic nitrogens is 2. The van der Waals surface area contributed by atoms with Gasteiger partial charge in [-0.1, -0.05) is 23.2 Å². The van der Waals surface area contributed by atoms with Crippen molar-refractivity contribution < 1.29 is 13.9 Å². The molecule has 0 spiro atoms. The van der Waals surface area contributed by atoms with Crippen LogP contribution in [0.4, 0.5) is 21.6 Å². The largest absolute Gasteiger partial charge is 0.482 e. The third kappa shape index (κ3) is 5.75. The van der Waals surface area contributed by atoms with Gasteiger partial charge in [0, 0.05) is 54.2 Å². The lowest BCUT2D eigenvalue weighted by molar-refractivity contribution is 0.102. The standard InChI is InChI=1S/C24H25Cl2FN6O2/c1-14(21-17(25)7-8-18(27)22(21)26)35-20-13-19(30-31-23(20)28)24(34)29-15-3-5-16(6-4-15)33-11-9-32(2)10-12-33/h3-8,13-14H,9-12H2,1-2H3,(H2,28,31)(H,29,34)/t14-/m1/s1. The highest BCUT2D eigenvalue weighted by molar-refractivity contribution is 6.36. The summed E-state index contributed by atoms with van der Waals surface area (Å²) in [6.45, 7) is 5.56. The summed E-state index contributed by atoms with van der Waals surface area (Å²) >= 11 is 12.3. The Balaban J connectivity index is 1.45. The summed E-state index contributed by atoms with van der Waals surface area (Å²) in [5.41, 5.74) is 7.87. The van der Waals surface area contributed by atoms with E-state index in [1.165, 1.54) is 18.2 Å². The second-order valence-electron chi connectivity index (χ2n) is 8.29. The van der Waals surface area contributed by atoms with Crippen molar-refractivity contribution in [3.63, 3.8) is 0 Å². The van der Waals surface area contributed by atoms with Gasteiger partial charge in [0.1, 0.15) is 11.9 Å². The quantitative estimate of drug-likeness (QED) is 0.458. The number of anilines is 3.